The average Bonchev–Trinajstić information content (AvgIpc) is 4.14. The monoisotopic (exact) mass is 935 g/mol. The molecule has 4 N–H and O–H groups in total. The Labute approximate surface area is 405 Å². The molecule has 4 atom stereocenters. The zero-order chi connectivity index (χ0) is 48.9. The molecule has 0 radical (unpaired) electrons. The number of carbonyl (C=O) groups excluding carboxylic acids is 4. The lowest BCUT2D eigenvalue weighted by atomic mass is 9.93. The zero-order valence-electron chi connectivity index (χ0n) is 40.7. The van der Waals surface area contributed by atoms with Gasteiger partial charge >= 0.3 is 6.09 Å². The molecule has 3 heterocycles. The van der Waals surface area contributed by atoms with Gasteiger partial charge in [0, 0.05) is 48.8 Å². The lowest BCUT2D eigenvalue weighted by Gasteiger charge is -2.28. The second-order valence-corrected chi connectivity index (χ2v) is 18.0. The topological polar surface area (TPSA) is 174 Å². The third-order valence-electron chi connectivity index (χ3n) is 12.5. The van der Waals surface area contributed by atoms with Crippen molar-refractivity contribution in [2.24, 2.45) is 4.99 Å². The average molecular weight is 935 g/mol. The maximum Gasteiger partial charge on any atom is 0.407 e. The number of aromatic amines is 2. The highest BCUT2D eigenvalue weighted by Gasteiger charge is 2.38. The first-order valence-electron chi connectivity index (χ1n) is 24.3. The lowest BCUT2D eigenvalue weighted by molar-refractivity contribution is -0.138. The smallest absolute Gasteiger partial charge is 0.407 e. The van der Waals surface area contributed by atoms with Crippen molar-refractivity contribution in [3.05, 3.63) is 132 Å². The molecule has 14 heteroatoms. The van der Waals surface area contributed by atoms with Gasteiger partial charge < -0.3 is 39.9 Å². The summed E-state index contributed by atoms with van der Waals surface area (Å²) in [6.07, 6.45) is 4.38. The zero-order valence-corrected chi connectivity index (χ0v) is 40.7. The number of anilines is 1. The number of likely N-dealkylation sites (tertiary alicyclic amines) is 1. The quantitative estimate of drug-likeness (QED) is 0.0435. The molecule has 0 spiro atoms. The molecule has 0 saturated carbocycles. The Kier molecular flexibility index (Phi) is 17.0. The summed E-state index contributed by atoms with van der Waals surface area (Å²) in [4.78, 5) is 74.3. The predicted octanol–water partition coefficient (Wildman–Crippen LogP) is 10.2. The summed E-state index contributed by atoms with van der Waals surface area (Å²) in [6, 6.07) is 34.7. The number of hydrogen-bond acceptors (Lipinski definition) is 8. The maximum atomic E-state index is 14.2. The van der Waals surface area contributed by atoms with E-state index in [9.17, 15) is 19.2 Å². The standard InChI is InChI=1S/C55H66N8O6/c1-7-29-62(53(65)46(40-18-13-10-14-19-40)33-57-38(6)69-37(5)8-2)35-51-58-34-49(61-51)42-23-21-41(22-24-42)48-32-43-31-44(25-26-47(43)60-48)59-52(64)50-20-15-30-63(50)54(66)45(39-16-11-9-12-17-39)27-28-56-55(67)68-36(3)4/h9-14,16-19,21-26,31-32,34,36-37,45-46,50,60H,7-8,15,20,27-30,33,35H2,1-6H3,(H,56,67)(H,58,61)(H,59,64). The summed E-state index contributed by atoms with van der Waals surface area (Å²) in [7, 11) is 0. The van der Waals surface area contributed by atoms with Gasteiger partial charge in [-0.1, -0.05) is 98.8 Å². The van der Waals surface area contributed by atoms with Gasteiger partial charge in [0.2, 0.25) is 17.7 Å². The molecule has 6 aromatic rings. The van der Waals surface area contributed by atoms with E-state index in [0.29, 0.717) is 56.3 Å². The number of imidazole rings is 1. The molecule has 1 aliphatic rings. The molecule has 4 amide bonds. The van der Waals surface area contributed by atoms with E-state index in [1.54, 1.807) is 24.9 Å². The third-order valence-corrected chi connectivity index (χ3v) is 12.5. The van der Waals surface area contributed by atoms with Crippen LogP contribution >= 0.6 is 0 Å². The molecular formula is C55H66N8O6. The van der Waals surface area contributed by atoms with Crippen molar-refractivity contribution in [1.82, 2.24) is 30.1 Å². The third kappa shape index (κ3) is 13.1. The van der Waals surface area contributed by atoms with Crippen LogP contribution in [-0.4, -0.2) is 98.9 Å². The Morgan fingerprint density at radius 1 is 0.841 bits per heavy atom. The number of hydrogen-bond donors (Lipinski definition) is 4. The van der Waals surface area contributed by atoms with Crippen molar-refractivity contribution in [3.8, 4) is 22.5 Å². The minimum Gasteiger partial charge on any atom is -0.478 e. The number of carbonyl (C=O) groups is 4. The normalized spacial score (nSPS) is 15.1. The molecular weight excluding hydrogens is 869 g/mol. The highest BCUT2D eigenvalue weighted by atomic mass is 16.6. The van der Waals surface area contributed by atoms with E-state index in [1.807, 2.05) is 110 Å². The van der Waals surface area contributed by atoms with E-state index in [1.165, 1.54) is 0 Å². The molecule has 7 rings (SSSR count). The van der Waals surface area contributed by atoms with Gasteiger partial charge in [0.15, 0.2) is 5.90 Å². The van der Waals surface area contributed by atoms with E-state index < -0.39 is 24.0 Å². The van der Waals surface area contributed by atoms with Gasteiger partial charge in [0.25, 0.3) is 0 Å². The largest absolute Gasteiger partial charge is 0.478 e. The summed E-state index contributed by atoms with van der Waals surface area (Å²) in [5.74, 6) is -0.104. The fraction of sp³-hybridized carbons (Fsp3) is 0.382. The highest BCUT2D eigenvalue weighted by molar-refractivity contribution is 6.00. The molecule has 14 nitrogen and oxygen atoms in total. The molecule has 4 aromatic carbocycles. The molecule has 1 aliphatic heterocycles. The molecule has 0 aliphatic carbocycles. The Bertz CT molecular complexity index is 2680. The number of nitrogens with zero attached hydrogens (tertiary/aromatic N) is 4. The van der Waals surface area contributed by atoms with Crippen LogP contribution in [0.3, 0.4) is 0 Å². The first-order chi connectivity index (χ1) is 33.4. The summed E-state index contributed by atoms with van der Waals surface area (Å²) in [6.45, 7) is 13.5. The van der Waals surface area contributed by atoms with Crippen molar-refractivity contribution in [3.63, 3.8) is 0 Å². The number of nitrogens with one attached hydrogen (secondary N) is 4. The molecule has 2 aromatic heterocycles. The predicted molar refractivity (Wildman–Crippen MR) is 272 cm³/mol. The second kappa shape index (κ2) is 23.7. The number of amides is 4. The molecule has 1 fully saturated rings. The summed E-state index contributed by atoms with van der Waals surface area (Å²) in [5, 5.41) is 6.77. The van der Waals surface area contributed by atoms with Crippen LogP contribution in [0.1, 0.15) is 102 Å². The number of alkyl carbamates (subject to hydrolysis) is 1. The van der Waals surface area contributed by atoms with Gasteiger partial charge in [-0.3, -0.25) is 19.4 Å². The van der Waals surface area contributed by atoms with Gasteiger partial charge in [-0.15, -0.1) is 0 Å². The van der Waals surface area contributed by atoms with Gasteiger partial charge in [0.1, 0.15) is 11.9 Å². The SMILES string of the molecule is CCCN(Cc1ncc(-c2ccc(-c3cc4cc(NC(=O)C5CCCN5C(=O)C(CCNC(=O)OC(C)C)c5ccccc5)ccc4[nH]3)cc2)[nH]1)C(=O)C(CN=C(C)OC(C)CC)c1ccccc1. The Hall–Kier alpha value is -7.22. The van der Waals surface area contributed by atoms with Crippen LogP contribution in [0, 0.1) is 0 Å². The van der Waals surface area contributed by atoms with Crippen LogP contribution in [0.4, 0.5) is 10.5 Å². The number of aromatic nitrogens is 3. The van der Waals surface area contributed by atoms with Crippen LogP contribution in [0.2, 0.25) is 0 Å². The maximum absolute atomic E-state index is 14.2. The van der Waals surface area contributed by atoms with Crippen molar-refractivity contribution in [2.45, 2.75) is 110 Å². The molecule has 0 bridgehead atoms. The van der Waals surface area contributed by atoms with E-state index in [2.05, 4.69) is 52.6 Å². The molecule has 362 valence electrons. The van der Waals surface area contributed by atoms with Gasteiger partial charge in [-0.05, 0) is 99.4 Å². The van der Waals surface area contributed by atoms with Gasteiger partial charge in [-0.2, -0.15) is 0 Å². The number of benzene rings is 4. The van der Waals surface area contributed by atoms with Gasteiger partial charge in [-0.25, -0.2) is 9.78 Å². The van der Waals surface area contributed by atoms with Crippen molar-refractivity contribution < 1.29 is 28.7 Å². The van der Waals surface area contributed by atoms with Crippen molar-refractivity contribution >= 4 is 46.3 Å². The minimum absolute atomic E-state index is 0.00700. The summed E-state index contributed by atoms with van der Waals surface area (Å²) in [5.41, 5.74) is 7.01. The van der Waals surface area contributed by atoms with Crippen molar-refractivity contribution in [1.29, 1.82) is 0 Å². The number of aliphatic imine (C=N–C) groups is 1. The van der Waals surface area contributed by atoms with E-state index in [-0.39, 0.29) is 43.0 Å². The van der Waals surface area contributed by atoms with Crippen molar-refractivity contribution in [2.75, 3.05) is 31.5 Å². The molecule has 4 unspecified atom stereocenters. The Balaban J connectivity index is 0.989. The van der Waals surface area contributed by atoms with Crippen LogP contribution in [0.25, 0.3) is 33.4 Å². The minimum atomic E-state index is -0.621. The highest BCUT2D eigenvalue weighted by Crippen LogP contribution is 2.31. The Morgan fingerprint density at radius 2 is 1.52 bits per heavy atom. The van der Waals surface area contributed by atoms with Crippen LogP contribution in [0.15, 0.2) is 120 Å². The first kappa shape index (κ1) is 49.7. The second-order valence-electron chi connectivity index (χ2n) is 18.0. The first-order valence-corrected chi connectivity index (χ1v) is 24.3. The molecule has 1 saturated heterocycles. The van der Waals surface area contributed by atoms with E-state index in [0.717, 1.165) is 57.4 Å². The number of fused-ring (bicyclic) bond motifs is 1. The van der Waals surface area contributed by atoms with E-state index >= 15 is 0 Å². The number of H-pyrrole nitrogens is 2. The Morgan fingerprint density at radius 3 is 2.19 bits per heavy atom. The molecule has 69 heavy (non-hydrogen) atoms. The van der Waals surface area contributed by atoms with Gasteiger partial charge in [0.05, 0.1) is 49.0 Å². The van der Waals surface area contributed by atoms with Crippen LogP contribution in [0.5, 0.6) is 0 Å². The fourth-order valence-electron chi connectivity index (χ4n) is 8.79. The van der Waals surface area contributed by atoms with E-state index in [4.69, 9.17) is 19.5 Å². The number of ether oxygens (including phenoxy) is 2. The summed E-state index contributed by atoms with van der Waals surface area (Å²) < 4.78 is 11.1. The lowest BCUT2D eigenvalue weighted by Crippen LogP contribution is -2.45. The summed E-state index contributed by atoms with van der Waals surface area (Å²) >= 11 is 0. The number of rotatable bonds is 20. The fourth-order valence-corrected chi connectivity index (χ4v) is 8.79. The van der Waals surface area contributed by atoms with Crippen LogP contribution < -0.4 is 10.6 Å². The van der Waals surface area contributed by atoms with Crippen LogP contribution in [-0.2, 0) is 30.4 Å².